The average molecular weight is 415 g/mol. The Morgan fingerprint density at radius 1 is 1.24 bits per heavy atom. The van der Waals surface area contributed by atoms with Gasteiger partial charge in [-0.25, -0.2) is 0 Å². The lowest BCUT2D eigenvalue weighted by atomic mass is 10.2. The lowest BCUT2D eigenvalue weighted by Gasteiger charge is -2.23. The number of anilines is 2. The van der Waals surface area contributed by atoms with Crippen molar-refractivity contribution in [2.75, 3.05) is 24.1 Å². The van der Waals surface area contributed by atoms with Crippen molar-refractivity contribution in [1.29, 1.82) is 0 Å². The molecule has 0 saturated carbocycles. The van der Waals surface area contributed by atoms with Gasteiger partial charge in [-0.2, -0.15) is 19.5 Å². The first-order valence-corrected chi connectivity index (χ1v) is 9.70. The summed E-state index contributed by atoms with van der Waals surface area (Å²) in [5, 5.41) is 7.99. The maximum absolute atomic E-state index is 6.04. The fourth-order valence-electron chi connectivity index (χ4n) is 3.58. The molecule has 29 heavy (non-hydrogen) atoms. The number of hydrogen-bond acceptors (Lipinski definition) is 9. The quantitative estimate of drug-likeness (QED) is 0.489. The Morgan fingerprint density at radius 2 is 2.17 bits per heavy atom. The van der Waals surface area contributed by atoms with Crippen molar-refractivity contribution in [3.63, 3.8) is 0 Å². The van der Waals surface area contributed by atoms with Gasteiger partial charge in [0.25, 0.3) is 5.78 Å². The van der Waals surface area contributed by atoms with E-state index in [1.165, 1.54) is 4.52 Å². The predicted octanol–water partition coefficient (Wildman–Crippen LogP) is 2.68. The molecule has 4 aromatic rings. The Kier molecular flexibility index (Phi) is 4.57. The Bertz CT molecular complexity index is 1120. The third-order valence-corrected chi connectivity index (χ3v) is 5.16. The smallest absolute Gasteiger partial charge is 0.259 e. The number of nitrogen functional groups attached to an aromatic ring is 1. The van der Waals surface area contributed by atoms with E-state index in [-0.39, 0.29) is 5.95 Å². The van der Waals surface area contributed by atoms with E-state index in [2.05, 4.69) is 30.3 Å². The highest BCUT2D eigenvalue weighted by atomic mass is 35.5. The first-order valence-electron chi connectivity index (χ1n) is 9.32. The molecule has 0 radical (unpaired) electrons. The van der Waals surface area contributed by atoms with Gasteiger partial charge in [-0.3, -0.25) is 4.90 Å². The van der Waals surface area contributed by atoms with E-state index in [1.807, 2.05) is 6.07 Å². The number of halogens is 1. The van der Waals surface area contributed by atoms with Gasteiger partial charge < -0.3 is 19.9 Å². The summed E-state index contributed by atoms with van der Waals surface area (Å²) < 4.78 is 12.2. The molecule has 1 atom stereocenters. The number of hydrogen-bond donors (Lipinski definition) is 2. The molecule has 1 aliphatic rings. The molecule has 0 spiro atoms. The molecule has 150 valence electrons. The van der Waals surface area contributed by atoms with Crippen LogP contribution in [0.3, 0.4) is 0 Å². The summed E-state index contributed by atoms with van der Waals surface area (Å²) in [6.45, 7) is 2.41. The largest absolute Gasteiger partial charge is 0.461 e. The summed E-state index contributed by atoms with van der Waals surface area (Å²) in [5.41, 5.74) is 6.04. The zero-order chi connectivity index (χ0) is 19.8. The van der Waals surface area contributed by atoms with E-state index in [1.54, 1.807) is 24.5 Å². The first-order chi connectivity index (χ1) is 14.2. The molecule has 1 aliphatic heterocycles. The van der Waals surface area contributed by atoms with Crippen LogP contribution in [0.25, 0.3) is 17.4 Å². The van der Waals surface area contributed by atoms with Crippen LogP contribution in [0.5, 0.6) is 0 Å². The topological polar surface area (TPSA) is 124 Å². The zero-order valence-electron chi connectivity index (χ0n) is 15.5. The van der Waals surface area contributed by atoms with Crippen LogP contribution in [0.15, 0.2) is 39.4 Å². The lowest BCUT2D eigenvalue weighted by Crippen LogP contribution is -2.34. The van der Waals surface area contributed by atoms with Crippen LogP contribution < -0.4 is 11.1 Å². The molecule has 1 saturated heterocycles. The molecule has 11 heteroatoms. The SMILES string of the molecule is Nc1nc(NC[C@H]2CCCN2Cc2ccc(Cl)o2)nc2nc(-c3ccco3)nn12. The molecular weight excluding hydrogens is 396 g/mol. The van der Waals surface area contributed by atoms with Crippen molar-refractivity contribution in [2.24, 2.45) is 0 Å². The van der Waals surface area contributed by atoms with Gasteiger partial charge in [-0.1, -0.05) is 0 Å². The van der Waals surface area contributed by atoms with Crippen molar-refractivity contribution in [2.45, 2.75) is 25.4 Å². The van der Waals surface area contributed by atoms with Crippen molar-refractivity contribution in [3.8, 4) is 11.6 Å². The summed E-state index contributed by atoms with van der Waals surface area (Å²) in [4.78, 5) is 15.5. The number of fused-ring (bicyclic) bond motifs is 1. The third-order valence-electron chi connectivity index (χ3n) is 4.96. The molecule has 5 heterocycles. The molecule has 0 amide bonds. The van der Waals surface area contributed by atoms with Crippen LogP contribution >= 0.6 is 11.6 Å². The monoisotopic (exact) mass is 414 g/mol. The van der Waals surface area contributed by atoms with Gasteiger partial charge in [0.15, 0.2) is 11.0 Å². The molecule has 0 unspecified atom stereocenters. The van der Waals surface area contributed by atoms with Crippen LogP contribution in [-0.4, -0.2) is 48.6 Å². The number of nitrogens with one attached hydrogen (secondary N) is 1. The van der Waals surface area contributed by atoms with Crippen LogP contribution in [0.2, 0.25) is 5.22 Å². The van der Waals surface area contributed by atoms with E-state index in [4.69, 9.17) is 26.2 Å². The summed E-state index contributed by atoms with van der Waals surface area (Å²) >= 11 is 5.88. The molecule has 4 aromatic heterocycles. The fraction of sp³-hybridized carbons (Fsp3) is 0.333. The van der Waals surface area contributed by atoms with E-state index >= 15 is 0 Å². The number of rotatable bonds is 6. The second-order valence-electron chi connectivity index (χ2n) is 6.88. The summed E-state index contributed by atoms with van der Waals surface area (Å²) in [7, 11) is 0. The minimum atomic E-state index is 0.205. The van der Waals surface area contributed by atoms with Gasteiger partial charge in [0, 0.05) is 12.6 Å². The summed E-state index contributed by atoms with van der Waals surface area (Å²) in [5.74, 6) is 2.80. The third kappa shape index (κ3) is 3.64. The van der Waals surface area contributed by atoms with E-state index in [0.29, 0.717) is 41.1 Å². The van der Waals surface area contributed by atoms with Crippen molar-refractivity contribution in [1.82, 2.24) is 29.5 Å². The standard InChI is InChI=1S/C18H19ClN8O2/c19-14-6-5-12(29-14)10-26-7-1-3-11(26)9-21-17-23-16(20)27-18(24-17)22-15(25-27)13-4-2-8-28-13/h2,4-6,8,11H,1,3,7,9-10H2,(H3,20,21,22,23,24,25)/t11-/m1/s1. The lowest BCUT2D eigenvalue weighted by molar-refractivity contribution is 0.233. The Labute approximate surface area is 170 Å². The Morgan fingerprint density at radius 3 is 2.97 bits per heavy atom. The second kappa shape index (κ2) is 7.37. The molecule has 5 rings (SSSR count). The fourth-order valence-corrected chi connectivity index (χ4v) is 3.74. The van der Waals surface area contributed by atoms with Gasteiger partial charge in [-0.15, -0.1) is 5.10 Å². The van der Waals surface area contributed by atoms with E-state index in [9.17, 15) is 0 Å². The summed E-state index contributed by atoms with van der Waals surface area (Å²) in [6.07, 6.45) is 3.76. The molecule has 0 aromatic carbocycles. The molecule has 10 nitrogen and oxygen atoms in total. The van der Waals surface area contributed by atoms with Gasteiger partial charge in [-0.05, 0) is 55.3 Å². The molecule has 0 aliphatic carbocycles. The predicted molar refractivity (Wildman–Crippen MR) is 106 cm³/mol. The highest BCUT2D eigenvalue weighted by molar-refractivity contribution is 6.28. The average Bonchev–Trinajstić information content (AvgIpc) is 3.48. The first kappa shape index (κ1) is 18.0. The number of likely N-dealkylation sites (tertiary alicyclic amines) is 1. The summed E-state index contributed by atoms with van der Waals surface area (Å²) in [6, 6.07) is 7.55. The number of aromatic nitrogens is 5. The van der Waals surface area contributed by atoms with Crippen molar-refractivity contribution in [3.05, 3.63) is 41.5 Å². The highest BCUT2D eigenvalue weighted by Gasteiger charge is 2.25. The Balaban J connectivity index is 1.29. The van der Waals surface area contributed by atoms with Gasteiger partial charge in [0.05, 0.1) is 12.8 Å². The molecule has 1 fully saturated rings. The minimum Gasteiger partial charge on any atom is -0.461 e. The molecular formula is C18H19ClN8O2. The Hall–Kier alpha value is -3.11. The van der Waals surface area contributed by atoms with E-state index in [0.717, 1.165) is 31.7 Å². The molecule has 0 bridgehead atoms. The number of nitrogens with two attached hydrogens (primary N) is 1. The maximum Gasteiger partial charge on any atom is 0.259 e. The zero-order valence-corrected chi connectivity index (χ0v) is 16.2. The van der Waals surface area contributed by atoms with Crippen LogP contribution in [-0.2, 0) is 6.54 Å². The normalized spacial score (nSPS) is 17.3. The van der Waals surface area contributed by atoms with E-state index < -0.39 is 0 Å². The van der Waals surface area contributed by atoms with Crippen LogP contribution in [0.4, 0.5) is 11.9 Å². The van der Waals surface area contributed by atoms with Gasteiger partial charge in [0.2, 0.25) is 17.7 Å². The van der Waals surface area contributed by atoms with Gasteiger partial charge >= 0.3 is 0 Å². The van der Waals surface area contributed by atoms with Crippen LogP contribution in [0, 0.1) is 0 Å². The van der Waals surface area contributed by atoms with Crippen molar-refractivity contribution < 1.29 is 8.83 Å². The van der Waals surface area contributed by atoms with Gasteiger partial charge in [0.1, 0.15) is 5.76 Å². The number of furan rings is 2. The minimum absolute atomic E-state index is 0.205. The number of nitrogens with zero attached hydrogens (tertiary/aromatic N) is 6. The second-order valence-corrected chi connectivity index (χ2v) is 7.26. The maximum atomic E-state index is 6.04. The van der Waals surface area contributed by atoms with Crippen LogP contribution in [0.1, 0.15) is 18.6 Å². The highest BCUT2D eigenvalue weighted by Crippen LogP contribution is 2.23. The molecule has 3 N–H and O–H groups in total. The van der Waals surface area contributed by atoms with Crippen molar-refractivity contribution >= 4 is 29.3 Å².